The predicted octanol–water partition coefficient (Wildman–Crippen LogP) is 2.01. The summed E-state index contributed by atoms with van der Waals surface area (Å²) in [5.41, 5.74) is 1.73. The minimum atomic E-state index is -0.0206. The fourth-order valence-corrected chi connectivity index (χ4v) is 3.20. The van der Waals surface area contributed by atoms with Crippen molar-refractivity contribution >= 4 is 23.5 Å². The molecule has 1 atom stereocenters. The highest BCUT2D eigenvalue weighted by Gasteiger charge is 2.27. The van der Waals surface area contributed by atoms with Crippen LogP contribution in [0.1, 0.15) is 46.2 Å². The number of carbonyl (C=O) groups is 1. The maximum atomic E-state index is 11.2. The fourth-order valence-electron chi connectivity index (χ4n) is 3.20. The normalized spacial score (nSPS) is 19.2. The molecule has 0 bridgehead atoms. The van der Waals surface area contributed by atoms with Crippen molar-refractivity contribution in [3.8, 4) is 12.3 Å². The summed E-state index contributed by atoms with van der Waals surface area (Å²) < 4.78 is 0. The number of nitrogens with one attached hydrogen (secondary N) is 3. The van der Waals surface area contributed by atoms with E-state index in [1.807, 2.05) is 11.0 Å². The maximum Gasteiger partial charge on any atom is 0.227 e. The average molecular weight is 355 g/mol. The number of nitrogens with zero attached hydrogens (tertiary/aromatic N) is 4. The summed E-state index contributed by atoms with van der Waals surface area (Å²) in [5.74, 6) is 5.05. The second kappa shape index (κ2) is 6.67. The SMILES string of the molecule is C#Cc1cnc(N2CC[C@H](NC(C)=O)C2)nc1Nc1cc(C2CC2)[nH]n1.[HH].[HH]. The van der Waals surface area contributed by atoms with Crippen molar-refractivity contribution in [3.63, 3.8) is 0 Å². The fraction of sp³-hybridized carbons (Fsp3) is 0.444. The van der Waals surface area contributed by atoms with E-state index in [9.17, 15) is 4.79 Å². The van der Waals surface area contributed by atoms with Gasteiger partial charge >= 0.3 is 0 Å². The molecule has 0 spiro atoms. The van der Waals surface area contributed by atoms with Gasteiger partial charge in [0.2, 0.25) is 11.9 Å². The van der Waals surface area contributed by atoms with Crippen LogP contribution in [-0.4, -0.2) is 45.2 Å². The number of amides is 1. The predicted molar refractivity (Wildman–Crippen MR) is 102 cm³/mol. The number of rotatable bonds is 5. The molecule has 1 aliphatic heterocycles. The molecule has 2 fully saturated rings. The summed E-state index contributed by atoms with van der Waals surface area (Å²) in [5, 5.41) is 13.5. The number of terminal acetylenes is 1. The Bertz CT molecular complexity index is 875. The molecule has 4 rings (SSSR count). The first kappa shape index (κ1) is 16.4. The van der Waals surface area contributed by atoms with Gasteiger partial charge in [0.25, 0.3) is 0 Å². The van der Waals surface area contributed by atoms with Gasteiger partial charge < -0.3 is 15.5 Å². The summed E-state index contributed by atoms with van der Waals surface area (Å²) in [7, 11) is 0. The standard InChI is InChI=1S/C18H21N7O.2H2/c1-3-12-9-19-18(25-7-6-14(10-25)20-11(2)26)22-17(12)21-16-8-15(23-24-16)13-4-5-13;;/h1,8-9,13-14H,4-7,10H2,2H3,(H,20,26)(H2,19,21,22,23,24);2*1H/t14-;;/m0../s1. The largest absolute Gasteiger partial charge is 0.352 e. The lowest BCUT2D eigenvalue weighted by molar-refractivity contribution is -0.119. The minimum absolute atomic E-state index is 0. The summed E-state index contributed by atoms with van der Waals surface area (Å²) in [6, 6.07) is 2.12. The molecule has 0 radical (unpaired) electrons. The third-order valence-corrected chi connectivity index (χ3v) is 4.67. The van der Waals surface area contributed by atoms with Crippen molar-refractivity contribution in [2.24, 2.45) is 0 Å². The monoisotopic (exact) mass is 355 g/mol. The van der Waals surface area contributed by atoms with Gasteiger partial charge in [0, 0.05) is 46.6 Å². The first-order valence-corrected chi connectivity index (χ1v) is 8.80. The highest BCUT2D eigenvalue weighted by Crippen LogP contribution is 2.39. The van der Waals surface area contributed by atoms with Gasteiger partial charge in [-0.2, -0.15) is 10.1 Å². The van der Waals surface area contributed by atoms with Crippen molar-refractivity contribution in [1.82, 2.24) is 25.5 Å². The highest BCUT2D eigenvalue weighted by molar-refractivity contribution is 5.73. The number of aromatic nitrogens is 4. The van der Waals surface area contributed by atoms with Gasteiger partial charge in [-0.25, -0.2) is 4.98 Å². The molecule has 1 saturated heterocycles. The topological polar surface area (TPSA) is 98.8 Å². The number of aromatic amines is 1. The molecule has 26 heavy (non-hydrogen) atoms. The van der Waals surface area contributed by atoms with Gasteiger partial charge in [0.05, 0.1) is 11.8 Å². The van der Waals surface area contributed by atoms with Crippen LogP contribution in [-0.2, 0) is 4.79 Å². The molecule has 2 aromatic rings. The van der Waals surface area contributed by atoms with E-state index in [0.29, 0.717) is 35.6 Å². The second-order valence-corrected chi connectivity index (χ2v) is 6.82. The van der Waals surface area contributed by atoms with Gasteiger partial charge in [-0.1, -0.05) is 5.92 Å². The molecule has 8 heteroatoms. The second-order valence-electron chi connectivity index (χ2n) is 6.82. The molecule has 3 heterocycles. The molecule has 0 aromatic carbocycles. The van der Waals surface area contributed by atoms with Gasteiger partial charge in [0.15, 0.2) is 11.6 Å². The molecule has 1 amide bonds. The average Bonchev–Trinajstić information content (AvgIpc) is 3.19. The van der Waals surface area contributed by atoms with Gasteiger partial charge in [-0.15, -0.1) is 6.42 Å². The molecule has 138 valence electrons. The zero-order valence-corrected chi connectivity index (χ0v) is 14.6. The number of anilines is 3. The van der Waals surface area contributed by atoms with Gasteiger partial charge in [-0.05, 0) is 19.3 Å². The molecular formula is C18H25N7O. The van der Waals surface area contributed by atoms with Crippen LogP contribution in [0.4, 0.5) is 17.6 Å². The molecule has 3 N–H and O–H groups in total. The quantitative estimate of drug-likeness (QED) is 0.710. The van der Waals surface area contributed by atoms with Crippen LogP contribution in [0, 0.1) is 12.3 Å². The van der Waals surface area contributed by atoms with Crippen molar-refractivity contribution in [3.05, 3.63) is 23.5 Å². The van der Waals surface area contributed by atoms with Crippen molar-refractivity contribution in [2.75, 3.05) is 23.3 Å². The lowest BCUT2D eigenvalue weighted by atomic mass is 10.3. The molecule has 2 aromatic heterocycles. The molecule has 2 aliphatic rings. The Balaban J connectivity index is 0.00000140. The molecule has 0 unspecified atom stereocenters. The number of H-pyrrole nitrogens is 1. The van der Waals surface area contributed by atoms with E-state index in [1.165, 1.54) is 19.8 Å². The van der Waals surface area contributed by atoms with Crippen LogP contribution in [0.5, 0.6) is 0 Å². The Morgan fingerprint density at radius 3 is 3.04 bits per heavy atom. The zero-order chi connectivity index (χ0) is 18.1. The van der Waals surface area contributed by atoms with Gasteiger partial charge in [0.1, 0.15) is 0 Å². The zero-order valence-electron chi connectivity index (χ0n) is 14.6. The lowest BCUT2D eigenvalue weighted by Crippen LogP contribution is -2.35. The Hall–Kier alpha value is -3.08. The van der Waals surface area contributed by atoms with Crippen molar-refractivity contribution in [1.29, 1.82) is 0 Å². The van der Waals surface area contributed by atoms with E-state index < -0.39 is 0 Å². The maximum absolute atomic E-state index is 11.2. The first-order valence-electron chi connectivity index (χ1n) is 8.80. The van der Waals surface area contributed by atoms with E-state index in [4.69, 9.17) is 6.42 Å². The molecular weight excluding hydrogens is 330 g/mol. The van der Waals surface area contributed by atoms with Crippen LogP contribution in [0.15, 0.2) is 12.3 Å². The van der Waals surface area contributed by atoms with Crippen LogP contribution in [0.25, 0.3) is 0 Å². The third-order valence-electron chi connectivity index (χ3n) is 4.67. The highest BCUT2D eigenvalue weighted by atomic mass is 16.1. The van der Waals surface area contributed by atoms with Crippen molar-refractivity contribution in [2.45, 2.75) is 38.1 Å². The van der Waals surface area contributed by atoms with Crippen LogP contribution in [0.2, 0.25) is 0 Å². The molecule has 1 aliphatic carbocycles. The van der Waals surface area contributed by atoms with Gasteiger partial charge in [-0.3, -0.25) is 9.89 Å². The molecule has 8 nitrogen and oxygen atoms in total. The van der Waals surface area contributed by atoms with E-state index in [-0.39, 0.29) is 14.8 Å². The van der Waals surface area contributed by atoms with Crippen molar-refractivity contribution < 1.29 is 7.65 Å². The third kappa shape index (κ3) is 3.47. The summed E-state index contributed by atoms with van der Waals surface area (Å²) in [4.78, 5) is 22.3. The number of hydrogen-bond acceptors (Lipinski definition) is 6. The van der Waals surface area contributed by atoms with Crippen LogP contribution >= 0.6 is 0 Å². The number of carbonyl (C=O) groups excluding carboxylic acids is 1. The Labute approximate surface area is 154 Å². The van der Waals surface area contributed by atoms with Crippen LogP contribution < -0.4 is 15.5 Å². The van der Waals surface area contributed by atoms with Crippen LogP contribution in [0.3, 0.4) is 0 Å². The smallest absolute Gasteiger partial charge is 0.227 e. The Morgan fingerprint density at radius 2 is 2.31 bits per heavy atom. The van der Waals surface area contributed by atoms with E-state index in [1.54, 1.807) is 6.20 Å². The Kier molecular flexibility index (Phi) is 4.21. The first-order chi connectivity index (χ1) is 12.6. The summed E-state index contributed by atoms with van der Waals surface area (Å²) in [6.07, 6.45) is 10.5. The summed E-state index contributed by atoms with van der Waals surface area (Å²) >= 11 is 0. The van der Waals surface area contributed by atoms with E-state index in [0.717, 1.165) is 18.7 Å². The Morgan fingerprint density at radius 1 is 1.46 bits per heavy atom. The summed E-state index contributed by atoms with van der Waals surface area (Å²) in [6.45, 7) is 3.00. The van der Waals surface area contributed by atoms with E-state index >= 15 is 0 Å². The molecule has 1 saturated carbocycles. The minimum Gasteiger partial charge on any atom is -0.352 e. The lowest BCUT2D eigenvalue weighted by Gasteiger charge is -2.17. The number of hydrogen-bond donors (Lipinski definition) is 3. The van der Waals surface area contributed by atoms with E-state index in [2.05, 4.69) is 36.7 Å².